The topological polar surface area (TPSA) is 70.6 Å². The number of ether oxygens (including phenoxy) is 1. The molecule has 1 aliphatic heterocycles. The number of piperazine rings is 1. The van der Waals surface area contributed by atoms with Gasteiger partial charge in [0.15, 0.2) is 11.6 Å². The molecule has 1 aromatic carbocycles. The molecule has 7 heteroatoms. The van der Waals surface area contributed by atoms with Crippen molar-refractivity contribution in [2.75, 3.05) is 47.9 Å². The largest absolute Gasteiger partial charge is 0.450 e. The molecule has 0 aliphatic carbocycles. The number of hydrogen-bond donors (Lipinski definition) is 1. The van der Waals surface area contributed by atoms with Gasteiger partial charge < -0.3 is 14.5 Å². The van der Waals surface area contributed by atoms with E-state index in [0.717, 1.165) is 32.0 Å². The molecule has 0 radical (unpaired) electrons. The van der Waals surface area contributed by atoms with Gasteiger partial charge in [-0.3, -0.25) is 5.32 Å². The van der Waals surface area contributed by atoms with Crippen LogP contribution in [-0.2, 0) is 4.74 Å². The van der Waals surface area contributed by atoms with Gasteiger partial charge in [0.05, 0.1) is 6.61 Å². The zero-order chi connectivity index (χ0) is 18.5. The van der Waals surface area contributed by atoms with Gasteiger partial charge in [-0.2, -0.15) is 0 Å². The first-order valence-electron chi connectivity index (χ1n) is 8.92. The highest BCUT2D eigenvalue weighted by atomic mass is 16.5. The Morgan fingerprint density at radius 3 is 2.46 bits per heavy atom. The lowest BCUT2D eigenvalue weighted by Crippen LogP contribution is -2.47. The summed E-state index contributed by atoms with van der Waals surface area (Å²) in [5.41, 5.74) is 3.97. The minimum absolute atomic E-state index is 0.321. The van der Waals surface area contributed by atoms with Gasteiger partial charge in [-0.05, 0) is 50.1 Å². The fourth-order valence-electron chi connectivity index (χ4n) is 3.09. The molecule has 0 atom stereocenters. The Morgan fingerprint density at radius 2 is 1.81 bits per heavy atom. The van der Waals surface area contributed by atoms with E-state index in [1.54, 1.807) is 13.0 Å². The number of nitrogens with one attached hydrogen (secondary N) is 1. The SMILES string of the molecule is CCOC(=O)Nc1ccc(N2CCN(c3cccc(C)c3C)CC2)nn1. The minimum Gasteiger partial charge on any atom is -0.450 e. The second-order valence-corrected chi connectivity index (χ2v) is 6.32. The highest BCUT2D eigenvalue weighted by Crippen LogP contribution is 2.25. The minimum atomic E-state index is -0.517. The van der Waals surface area contributed by atoms with Gasteiger partial charge in [0.1, 0.15) is 0 Å². The van der Waals surface area contributed by atoms with E-state index in [1.807, 2.05) is 6.07 Å². The number of rotatable bonds is 4. The molecular formula is C19H25N5O2. The maximum Gasteiger partial charge on any atom is 0.412 e. The van der Waals surface area contributed by atoms with E-state index >= 15 is 0 Å². The van der Waals surface area contributed by atoms with Gasteiger partial charge in [-0.1, -0.05) is 12.1 Å². The zero-order valence-corrected chi connectivity index (χ0v) is 15.5. The summed E-state index contributed by atoms with van der Waals surface area (Å²) >= 11 is 0. The maximum atomic E-state index is 11.4. The molecule has 0 saturated carbocycles. The normalized spacial score (nSPS) is 14.3. The average Bonchev–Trinajstić information content (AvgIpc) is 2.65. The lowest BCUT2D eigenvalue weighted by atomic mass is 10.1. The van der Waals surface area contributed by atoms with Crippen molar-refractivity contribution in [1.29, 1.82) is 0 Å². The first-order chi connectivity index (χ1) is 12.6. The van der Waals surface area contributed by atoms with Crippen LogP contribution in [0.15, 0.2) is 30.3 Å². The van der Waals surface area contributed by atoms with E-state index in [2.05, 4.69) is 57.4 Å². The number of anilines is 3. The van der Waals surface area contributed by atoms with Crippen molar-refractivity contribution in [3.05, 3.63) is 41.5 Å². The first-order valence-corrected chi connectivity index (χ1v) is 8.92. The number of amides is 1. The molecule has 3 rings (SSSR count). The number of nitrogens with zero attached hydrogens (tertiary/aromatic N) is 4. The van der Waals surface area contributed by atoms with Gasteiger partial charge in [-0.15, -0.1) is 10.2 Å². The van der Waals surface area contributed by atoms with E-state index in [0.29, 0.717) is 12.4 Å². The van der Waals surface area contributed by atoms with Crippen LogP contribution in [-0.4, -0.2) is 49.1 Å². The van der Waals surface area contributed by atoms with E-state index in [4.69, 9.17) is 4.74 Å². The Labute approximate surface area is 154 Å². The first kappa shape index (κ1) is 18.0. The van der Waals surface area contributed by atoms with Gasteiger partial charge >= 0.3 is 6.09 Å². The molecule has 2 aromatic rings. The molecule has 1 amide bonds. The van der Waals surface area contributed by atoms with Crippen LogP contribution in [0.4, 0.5) is 22.1 Å². The lowest BCUT2D eigenvalue weighted by Gasteiger charge is -2.37. The van der Waals surface area contributed by atoms with Gasteiger partial charge in [0.2, 0.25) is 0 Å². The summed E-state index contributed by atoms with van der Waals surface area (Å²) in [6.45, 7) is 10.0. The van der Waals surface area contributed by atoms with E-state index in [1.165, 1.54) is 16.8 Å². The van der Waals surface area contributed by atoms with Crippen LogP contribution in [0, 0.1) is 13.8 Å². The van der Waals surface area contributed by atoms with E-state index in [-0.39, 0.29) is 0 Å². The van der Waals surface area contributed by atoms with Crippen molar-refractivity contribution < 1.29 is 9.53 Å². The molecule has 0 unspecified atom stereocenters. The molecule has 2 heterocycles. The fraction of sp³-hybridized carbons (Fsp3) is 0.421. The third kappa shape index (κ3) is 4.04. The van der Waals surface area contributed by atoms with E-state index in [9.17, 15) is 4.79 Å². The molecule has 1 N–H and O–H groups in total. The number of aryl methyl sites for hydroxylation is 1. The second kappa shape index (κ2) is 8.03. The van der Waals surface area contributed by atoms with Crippen molar-refractivity contribution in [1.82, 2.24) is 10.2 Å². The van der Waals surface area contributed by atoms with Gasteiger partial charge in [0.25, 0.3) is 0 Å². The summed E-state index contributed by atoms with van der Waals surface area (Å²) in [6.07, 6.45) is -0.517. The van der Waals surface area contributed by atoms with Crippen LogP contribution < -0.4 is 15.1 Å². The maximum absolute atomic E-state index is 11.4. The summed E-state index contributed by atoms with van der Waals surface area (Å²) in [6, 6.07) is 10.1. The Morgan fingerprint density at radius 1 is 1.08 bits per heavy atom. The third-order valence-corrected chi connectivity index (χ3v) is 4.68. The molecule has 1 fully saturated rings. The zero-order valence-electron chi connectivity index (χ0n) is 15.5. The molecular weight excluding hydrogens is 330 g/mol. The second-order valence-electron chi connectivity index (χ2n) is 6.32. The molecule has 1 aliphatic rings. The van der Waals surface area contributed by atoms with Gasteiger partial charge in [-0.25, -0.2) is 4.79 Å². The van der Waals surface area contributed by atoms with Crippen LogP contribution in [0.25, 0.3) is 0 Å². The summed E-state index contributed by atoms with van der Waals surface area (Å²) in [4.78, 5) is 16.0. The van der Waals surface area contributed by atoms with Crippen LogP contribution in [0.5, 0.6) is 0 Å². The van der Waals surface area contributed by atoms with Crippen molar-refractivity contribution in [2.24, 2.45) is 0 Å². The number of hydrogen-bond acceptors (Lipinski definition) is 6. The van der Waals surface area contributed by atoms with Crippen molar-refractivity contribution in [2.45, 2.75) is 20.8 Å². The highest BCUT2D eigenvalue weighted by molar-refractivity contribution is 5.83. The van der Waals surface area contributed by atoms with Crippen LogP contribution in [0.2, 0.25) is 0 Å². The van der Waals surface area contributed by atoms with Crippen molar-refractivity contribution in [3.63, 3.8) is 0 Å². The van der Waals surface area contributed by atoms with Crippen molar-refractivity contribution >= 4 is 23.4 Å². The molecule has 138 valence electrons. The van der Waals surface area contributed by atoms with Crippen LogP contribution in [0.1, 0.15) is 18.1 Å². The standard InChI is InChI=1S/C19H25N5O2/c1-4-26-19(25)20-17-8-9-18(22-21-17)24-12-10-23(11-13-24)16-7-5-6-14(2)15(16)3/h5-9H,4,10-13H2,1-3H3,(H,20,21,25). The lowest BCUT2D eigenvalue weighted by molar-refractivity contribution is 0.168. The predicted octanol–water partition coefficient (Wildman–Crippen LogP) is 2.99. The Balaban J connectivity index is 1.59. The molecule has 26 heavy (non-hydrogen) atoms. The summed E-state index contributed by atoms with van der Waals surface area (Å²) in [5, 5.41) is 10.8. The molecule has 0 bridgehead atoms. The Hall–Kier alpha value is -2.83. The molecule has 1 aromatic heterocycles. The summed E-state index contributed by atoms with van der Waals surface area (Å²) < 4.78 is 4.83. The fourth-order valence-corrected chi connectivity index (χ4v) is 3.09. The number of benzene rings is 1. The molecule has 1 saturated heterocycles. The highest BCUT2D eigenvalue weighted by Gasteiger charge is 2.20. The monoisotopic (exact) mass is 355 g/mol. The molecule has 0 spiro atoms. The summed E-state index contributed by atoms with van der Waals surface area (Å²) in [7, 11) is 0. The average molecular weight is 355 g/mol. The Kier molecular flexibility index (Phi) is 5.55. The third-order valence-electron chi connectivity index (χ3n) is 4.68. The van der Waals surface area contributed by atoms with Crippen molar-refractivity contribution in [3.8, 4) is 0 Å². The van der Waals surface area contributed by atoms with Crippen LogP contribution in [0.3, 0.4) is 0 Å². The van der Waals surface area contributed by atoms with Gasteiger partial charge in [0, 0.05) is 31.9 Å². The predicted molar refractivity (Wildman–Crippen MR) is 103 cm³/mol. The smallest absolute Gasteiger partial charge is 0.412 e. The number of aromatic nitrogens is 2. The molecule has 7 nitrogen and oxygen atoms in total. The number of carbonyl (C=O) groups excluding carboxylic acids is 1. The van der Waals surface area contributed by atoms with Crippen LogP contribution >= 0.6 is 0 Å². The summed E-state index contributed by atoms with van der Waals surface area (Å²) in [5.74, 6) is 1.21. The number of carbonyl (C=O) groups is 1. The van der Waals surface area contributed by atoms with E-state index < -0.39 is 6.09 Å². The quantitative estimate of drug-likeness (QED) is 0.909. The Bertz CT molecular complexity index is 755.